The molecule has 0 spiro atoms. The minimum atomic E-state index is -0.382. The van der Waals surface area contributed by atoms with Crippen LogP contribution in [0.25, 0.3) is 0 Å². The highest BCUT2D eigenvalue weighted by atomic mass is 16.5. The Kier molecular flexibility index (Phi) is 5.48. The largest absolute Gasteiger partial charge is 0.391 e. The monoisotopic (exact) mass is 331 g/mol. The van der Waals surface area contributed by atoms with Gasteiger partial charge in [0.15, 0.2) is 0 Å². The van der Waals surface area contributed by atoms with E-state index >= 15 is 0 Å². The number of nitriles is 1. The van der Waals surface area contributed by atoms with Gasteiger partial charge in [0.2, 0.25) is 5.95 Å². The molecule has 1 heterocycles. The molecule has 0 aliphatic heterocycles. The van der Waals surface area contributed by atoms with Crippen molar-refractivity contribution in [2.24, 2.45) is 0 Å². The van der Waals surface area contributed by atoms with Gasteiger partial charge in [-0.1, -0.05) is 0 Å². The van der Waals surface area contributed by atoms with Crippen LogP contribution in [0.4, 0.5) is 11.8 Å². The number of anilines is 2. The summed E-state index contributed by atoms with van der Waals surface area (Å²) in [6, 6.07) is 2.40. The van der Waals surface area contributed by atoms with Crippen LogP contribution in [0.5, 0.6) is 0 Å². The summed E-state index contributed by atoms with van der Waals surface area (Å²) in [7, 11) is 1.76. The van der Waals surface area contributed by atoms with Gasteiger partial charge in [0, 0.05) is 13.2 Å². The first-order valence-electron chi connectivity index (χ1n) is 8.70. The van der Waals surface area contributed by atoms with Gasteiger partial charge in [0.1, 0.15) is 17.5 Å². The van der Waals surface area contributed by atoms with Gasteiger partial charge in [-0.3, -0.25) is 0 Å². The predicted molar refractivity (Wildman–Crippen MR) is 90.7 cm³/mol. The fourth-order valence-corrected chi connectivity index (χ4v) is 3.55. The summed E-state index contributed by atoms with van der Waals surface area (Å²) in [6.45, 7) is 0. The molecule has 1 unspecified atom stereocenters. The van der Waals surface area contributed by atoms with Crippen molar-refractivity contribution < 1.29 is 9.84 Å². The number of rotatable bonds is 5. The number of hydrogen-bond donors (Lipinski definition) is 3. The molecule has 2 saturated carbocycles. The molecule has 0 saturated heterocycles. The smallest absolute Gasteiger partial charge is 0.224 e. The summed E-state index contributed by atoms with van der Waals surface area (Å²) < 4.78 is 5.39. The number of nitrogens with zero attached hydrogens (tertiary/aromatic N) is 3. The van der Waals surface area contributed by atoms with Crippen molar-refractivity contribution in [3.63, 3.8) is 0 Å². The van der Waals surface area contributed by atoms with Crippen LogP contribution in [-0.2, 0) is 4.74 Å². The molecule has 24 heavy (non-hydrogen) atoms. The molecule has 2 atom stereocenters. The third-order valence-electron chi connectivity index (χ3n) is 5.05. The Balaban J connectivity index is 1.66. The predicted octanol–water partition coefficient (Wildman–Crippen LogP) is 2.04. The maximum Gasteiger partial charge on any atom is 0.224 e. The normalized spacial score (nSPS) is 29.9. The number of nitrogens with one attached hydrogen (secondary N) is 2. The molecule has 7 heteroatoms. The van der Waals surface area contributed by atoms with Crippen LogP contribution in [0.1, 0.15) is 50.5 Å². The average molecular weight is 331 g/mol. The first-order chi connectivity index (χ1) is 11.7. The third-order valence-corrected chi connectivity index (χ3v) is 5.05. The second-order valence-corrected chi connectivity index (χ2v) is 6.67. The maximum atomic E-state index is 9.98. The molecule has 0 radical (unpaired) electrons. The Bertz CT molecular complexity index is 595. The molecule has 1 aromatic rings. The fraction of sp³-hybridized carbons (Fsp3) is 0.706. The molecule has 130 valence electrons. The zero-order valence-corrected chi connectivity index (χ0v) is 14.0. The number of aromatic nitrogens is 2. The highest BCUT2D eigenvalue weighted by Gasteiger charge is 2.26. The van der Waals surface area contributed by atoms with Gasteiger partial charge in [-0.2, -0.15) is 10.2 Å². The van der Waals surface area contributed by atoms with Crippen molar-refractivity contribution in [2.45, 2.75) is 69.2 Å². The summed E-state index contributed by atoms with van der Waals surface area (Å²) in [6.07, 6.45) is 8.28. The Labute approximate surface area is 142 Å². The lowest BCUT2D eigenvalue weighted by atomic mass is 9.93. The second-order valence-electron chi connectivity index (χ2n) is 6.67. The lowest BCUT2D eigenvalue weighted by Crippen LogP contribution is -2.31. The number of ether oxygens (including phenoxy) is 1. The highest BCUT2D eigenvalue weighted by Crippen LogP contribution is 2.26. The minimum absolute atomic E-state index is 0.0445. The van der Waals surface area contributed by atoms with Gasteiger partial charge < -0.3 is 20.5 Å². The van der Waals surface area contributed by atoms with Crippen molar-refractivity contribution in [3.05, 3.63) is 11.8 Å². The van der Waals surface area contributed by atoms with E-state index in [1.165, 1.54) is 0 Å². The van der Waals surface area contributed by atoms with Crippen molar-refractivity contribution >= 4 is 11.8 Å². The van der Waals surface area contributed by atoms with Crippen LogP contribution >= 0.6 is 0 Å². The van der Waals surface area contributed by atoms with Gasteiger partial charge in [0.05, 0.1) is 24.4 Å². The molecule has 2 fully saturated rings. The Morgan fingerprint density at radius 2 is 2.00 bits per heavy atom. The van der Waals surface area contributed by atoms with Crippen molar-refractivity contribution in [1.29, 1.82) is 5.26 Å². The van der Waals surface area contributed by atoms with Crippen molar-refractivity contribution in [2.75, 3.05) is 17.7 Å². The zero-order chi connectivity index (χ0) is 16.9. The van der Waals surface area contributed by atoms with Crippen LogP contribution < -0.4 is 10.6 Å². The summed E-state index contributed by atoms with van der Waals surface area (Å²) in [4.78, 5) is 8.74. The SMILES string of the molecule is COC1CCC(Nc2ncc(C#N)c(NC3CCC[C@H]3O)n2)CC1. The van der Waals surface area contributed by atoms with E-state index in [-0.39, 0.29) is 12.1 Å². The molecule has 2 aliphatic carbocycles. The topological polar surface area (TPSA) is 103 Å². The molecular formula is C17H25N5O2. The van der Waals surface area contributed by atoms with E-state index in [0.29, 0.717) is 29.5 Å². The maximum absolute atomic E-state index is 9.98. The van der Waals surface area contributed by atoms with E-state index in [0.717, 1.165) is 44.9 Å². The van der Waals surface area contributed by atoms with Crippen molar-refractivity contribution in [1.82, 2.24) is 9.97 Å². The summed E-state index contributed by atoms with van der Waals surface area (Å²) >= 11 is 0. The minimum Gasteiger partial charge on any atom is -0.391 e. The van der Waals surface area contributed by atoms with E-state index < -0.39 is 0 Å². The lowest BCUT2D eigenvalue weighted by molar-refractivity contribution is 0.0681. The highest BCUT2D eigenvalue weighted by molar-refractivity contribution is 5.54. The standard InChI is InChI=1S/C17H25N5O2/c1-24-13-7-5-12(6-8-13)20-17-19-10-11(9-18)16(22-17)21-14-3-2-4-15(14)23/h10,12-15,23H,2-8H2,1H3,(H2,19,20,21,22)/t12?,13?,14?,15-/m1/s1. The Hall–Kier alpha value is -1.91. The van der Waals surface area contributed by atoms with Gasteiger partial charge in [-0.05, 0) is 44.9 Å². The summed E-state index contributed by atoms with van der Waals surface area (Å²) in [5.41, 5.74) is 0.405. The third kappa shape index (κ3) is 3.94. The summed E-state index contributed by atoms with van der Waals surface area (Å²) in [5, 5.41) is 25.8. The number of aliphatic hydroxyl groups excluding tert-OH is 1. The molecule has 0 aromatic carbocycles. The summed E-state index contributed by atoms with van der Waals surface area (Å²) in [5.74, 6) is 1.04. The van der Waals surface area contributed by atoms with E-state index in [2.05, 4.69) is 26.7 Å². The Morgan fingerprint density at radius 3 is 2.62 bits per heavy atom. The van der Waals surface area contributed by atoms with Crippen LogP contribution in [-0.4, -0.2) is 46.5 Å². The lowest BCUT2D eigenvalue weighted by Gasteiger charge is -2.28. The molecule has 3 N–H and O–H groups in total. The number of hydrogen-bond acceptors (Lipinski definition) is 7. The Morgan fingerprint density at radius 1 is 1.21 bits per heavy atom. The van der Waals surface area contributed by atoms with Gasteiger partial charge >= 0.3 is 0 Å². The van der Waals surface area contributed by atoms with Crippen LogP contribution in [0.15, 0.2) is 6.20 Å². The van der Waals surface area contributed by atoms with E-state index in [1.807, 2.05) is 0 Å². The van der Waals surface area contributed by atoms with Crippen molar-refractivity contribution in [3.8, 4) is 6.07 Å². The molecule has 0 bridgehead atoms. The van der Waals surface area contributed by atoms with Crippen LogP contribution in [0, 0.1) is 11.3 Å². The van der Waals surface area contributed by atoms with E-state index in [1.54, 1.807) is 13.3 Å². The molecule has 7 nitrogen and oxygen atoms in total. The average Bonchev–Trinajstić information content (AvgIpc) is 3.01. The van der Waals surface area contributed by atoms with Crippen LogP contribution in [0.3, 0.4) is 0 Å². The second kappa shape index (κ2) is 7.77. The molecule has 0 amide bonds. The first kappa shape index (κ1) is 16.9. The molecule has 2 aliphatic rings. The van der Waals surface area contributed by atoms with E-state index in [9.17, 15) is 10.4 Å². The van der Waals surface area contributed by atoms with Gasteiger partial charge in [-0.15, -0.1) is 0 Å². The quantitative estimate of drug-likeness (QED) is 0.758. The van der Waals surface area contributed by atoms with E-state index in [4.69, 9.17) is 4.74 Å². The van der Waals surface area contributed by atoms with Crippen LogP contribution in [0.2, 0.25) is 0 Å². The van der Waals surface area contributed by atoms with Gasteiger partial charge in [-0.25, -0.2) is 4.98 Å². The molecule has 3 rings (SSSR count). The zero-order valence-electron chi connectivity index (χ0n) is 14.0. The molecular weight excluding hydrogens is 306 g/mol. The fourth-order valence-electron chi connectivity index (χ4n) is 3.55. The number of methoxy groups -OCH3 is 1. The van der Waals surface area contributed by atoms with Gasteiger partial charge in [0.25, 0.3) is 0 Å². The first-order valence-corrected chi connectivity index (χ1v) is 8.70. The molecule has 1 aromatic heterocycles. The number of aliphatic hydroxyl groups is 1.